The molecule has 0 saturated heterocycles. The maximum Gasteiger partial charge on any atom is 0.0845 e. The van der Waals surface area contributed by atoms with E-state index in [4.69, 9.17) is 0 Å². The van der Waals surface area contributed by atoms with Gasteiger partial charge in [0.1, 0.15) is 0 Å². The van der Waals surface area contributed by atoms with Gasteiger partial charge in [0.25, 0.3) is 0 Å². The van der Waals surface area contributed by atoms with Crippen LogP contribution in [0.1, 0.15) is 13.8 Å². The molecule has 0 fully saturated rings. The zero-order chi connectivity index (χ0) is 4.28. The topological polar surface area (TPSA) is 19.9 Å². The standard InChI is InChI=1S/C4H9O.H4Si/c1-4(2)3-5;/h4H,3H2,1-2H3;1H4. The number of hydrogen-bond donors (Lipinski definition) is 0. The molecule has 0 aliphatic heterocycles. The average molecular weight is 105 g/mol. The van der Waals surface area contributed by atoms with Gasteiger partial charge in [-0.3, -0.25) is 0 Å². The van der Waals surface area contributed by atoms with Gasteiger partial charge >= 0.3 is 0 Å². The van der Waals surface area contributed by atoms with Crippen LogP contribution < -0.4 is 0 Å². The first-order valence-corrected chi connectivity index (χ1v) is 1.85. The van der Waals surface area contributed by atoms with Crippen LogP contribution in [0.5, 0.6) is 0 Å². The normalized spacial score (nSPS) is 8.00. The lowest BCUT2D eigenvalue weighted by molar-refractivity contribution is 0.158. The second-order valence-electron chi connectivity index (χ2n) is 1.56. The minimum absolute atomic E-state index is 0. The molecule has 0 heterocycles. The van der Waals surface area contributed by atoms with Crippen molar-refractivity contribution < 1.29 is 5.11 Å². The van der Waals surface area contributed by atoms with Crippen molar-refractivity contribution in [3.63, 3.8) is 0 Å². The van der Waals surface area contributed by atoms with Crippen molar-refractivity contribution in [3.05, 3.63) is 0 Å². The molecule has 0 aromatic heterocycles. The Balaban J connectivity index is 0. The number of rotatable bonds is 1. The largest absolute Gasteiger partial charge is 0.236 e. The molecule has 0 saturated carbocycles. The third-order valence-electron chi connectivity index (χ3n) is 0.333. The Hall–Kier alpha value is 0.177. The van der Waals surface area contributed by atoms with Gasteiger partial charge < -0.3 is 0 Å². The molecule has 0 bridgehead atoms. The number of hydrogen-bond acceptors (Lipinski definition) is 0. The summed E-state index contributed by atoms with van der Waals surface area (Å²) < 4.78 is 0. The predicted octanol–water partition coefficient (Wildman–Crippen LogP) is -0.379. The van der Waals surface area contributed by atoms with Gasteiger partial charge in [-0.15, -0.1) is 0 Å². The molecule has 0 unspecified atom stereocenters. The fraction of sp³-hybridized carbons (Fsp3) is 1.00. The molecule has 0 amide bonds. The van der Waals surface area contributed by atoms with Crippen LogP contribution in [0.3, 0.4) is 0 Å². The molecule has 1 nitrogen and oxygen atoms in total. The third kappa shape index (κ3) is 8.90. The maximum absolute atomic E-state index is 9.63. The van der Waals surface area contributed by atoms with Gasteiger partial charge in [0.05, 0.1) is 6.61 Å². The first-order chi connectivity index (χ1) is 2.27. The molecule has 0 aromatic carbocycles. The molecular weight excluding hydrogens is 92.1 g/mol. The molecular formula is C4H13OSi. The summed E-state index contributed by atoms with van der Waals surface area (Å²) in [5.41, 5.74) is 0. The van der Waals surface area contributed by atoms with E-state index >= 15 is 0 Å². The Morgan fingerprint density at radius 3 is 1.67 bits per heavy atom. The minimum atomic E-state index is 0. The third-order valence-corrected chi connectivity index (χ3v) is 0.333. The summed E-state index contributed by atoms with van der Waals surface area (Å²) in [7, 11) is 0. The summed E-state index contributed by atoms with van der Waals surface area (Å²) in [6.45, 7) is 3.88. The van der Waals surface area contributed by atoms with Crippen molar-refractivity contribution in [2.75, 3.05) is 6.61 Å². The van der Waals surface area contributed by atoms with E-state index in [0.717, 1.165) is 0 Å². The van der Waals surface area contributed by atoms with E-state index in [1.54, 1.807) is 0 Å². The minimum Gasteiger partial charge on any atom is -0.236 e. The highest BCUT2D eigenvalue weighted by atomic mass is 28.1. The zero-order valence-corrected chi connectivity index (χ0v) is 3.69. The Morgan fingerprint density at radius 2 is 1.67 bits per heavy atom. The molecule has 0 aliphatic rings. The Labute approximate surface area is 43.4 Å². The lowest BCUT2D eigenvalue weighted by atomic mass is 10.2. The molecule has 0 spiro atoms. The zero-order valence-electron chi connectivity index (χ0n) is 3.69. The van der Waals surface area contributed by atoms with Gasteiger partial charge in [0.2, 0.25) is 0 Å². The molecule has 1 radical (unpaired) electrons. The van der Waals surface area contributed by atoms with Crippen molar-refractivity contribution in [1.82, 2.24) is 0 Å². The molecule has 0 atom stereocenters. The van der Waals surface area contributed by atoms with Gasteiger partial charge in [-0.25, -0.2) is 5.11 Å². The highest BCUT2D eigenvalue weighted by Crippen LogP contribution is 1.84. The molecule has 0 aromatic rings. The van der Waals surface area contributed by atoms with Gasteiger partial charge in [-0.1, -0.05) is 13.8 Å². The monoisotopic (exact) mass is 105 g/mol. The second kappa shape index (κ2) is 5.18. The van der Waals surface area contributed by atoms with E-state index in [-0.39, 0.29) is 17.6 Å². The summed E-state index contributed by atoms with van der Waals surface area (Å²) in [5, 5.41) is 9.63. The highest BCUT2D eigenvalue weighted by Gasteiger charge is 1.83. The molecule has 0 N–H and O–H groups in total. The van der Waals surface area contributed by atoms with Crippen molar-refractivity contribution in [2.45, 2.75) is 13.8 Å². The Morgan fingerprint density at radius 1 is 1.50 bits per heavy atom. The van der Waals surface area contributed by atoms with Crippen LogP contribution in [0.4, 0.5) is 0 Å². The first-order valence-electron chi connectivity index (χ1n) is 1.85. The first kappa shape index (κ1) is 9.49. The fourth-order valence-electron chi connectivity index (χ4n) is 0. The molecule has 2 heteroatoms. The van der Waals surface area contributed by atoms with Crippen LogP contribution in [0.2, 0.25) is 0 Å². The highest BCUT2D eigenvalue weighted by molar-refractivity contribution is 5.75. The second-order valence-corrected chi connectivity index (χ2v) is 1.56. The predicted molar refractivity (Wildman–Crippen MR) is 31.7 cm³/mol. The van der Waals surface area contributed by atoms with Crippen molar-refractivity contribution in [2.24, 2.45) is 5.92 Å². The van der Waals surface area contributed by atoms with Crippen molar-refractivity contribution in [1.29, 1.82) is 0 Å². The van der Waals surface area contributed by atoms with E-state index in [1.165, 1.54) is 0 Å². The van der Waals surface area contributed by atoms with Crippen LogP contribution in [0, 0.1) is 5.92 Å². The van der Waals surface area contributed by atoms with Crippen LogP contribution in [-0.2, 0) is 5.11 Å². The summed E-state index contributed by atoms with van der Waals surface area (Å²) >= 11 is 0. The summed E-state index contributed by atoms with van der Waals surface area (Å²) in [4.78, 5) is 0. The van der Waals surface area contributed by atoms with E-state index in [2.05, 4.69) is 0 Å². The fourth-order valence-corrected chi connectivity index (χ4v) is 0. The van der Waals surface area contributed by atoms with Gasteiger partial charge in [0, 0.05) is 0 Å². The van der Waals surface area contributed by atoms with Crippen molar-refractivity contribution >= 4 is 11.0 Å². The van der Waals surface area contributed by atoms with Gasteiger partial charge in [-0.05, 0) is 16.9 Å². The Bertz CT molecular complexity index is 21.5. The quantitative estimate of drug-likeness (QED) is 0.405. The summed E-state index contributed by atoms with van der Waals surface area (Å²) in [5.74, 6) is 0.329. The summed E-state index contributed by atoms with van der Waals surface area (Å²) in [6.07, 6.45) is 0. The lowest BCUT2D eigenvalue weighted by Gasteiger charge is -1.87. The van der Waals surface area contributed by atoms with Crippen LogP contribution in [-0.4, -0.2) is 17.6 Å². The van der Waals surface area contributed by atoms with Crippen LogP contribution in [0.25, 0.3) is 0 Å². The van der Waals surface area contributed by atoms with Crippen molar-refractivity contribution in [3.8, 4) is 0 Å². The van der Waals surface area contributed by atoms with E-state index in [1.807, 2.05) is 13.8 Å². The van der Waals surface area contributed by atoms with Crippen LogP contribution in [0.15, 0.2) is 0 Å². The Kier molecular flexibility index (Phi) is 8.19. The lowest BCUT2D eigenvalue weighted by Crippen LogP contribution is -1.88. The van der Waals surface area contributed by atoms with E-state index in [0.29, 0.717) is 5.92 Å². The SMILES string of the molecule is CC(C)C[O].[SiH4]. The average Bonchev–Trinajstić information content (AvgIpc) is 1.38. The summed E-state index contributed by atoms with van der Waals surface area (Å²) in [6, 6.07) is 0. The van der Waals surface area contributed by atoms with Crippen LogP contribution >= 0.6 is 0 Å². The van der Waals surface area contributed by atoms with Gasteiger partial charge in [-0.2, -0.15) is 0 Å². The smallest absolute Gasteiger partial charge is 0.0845 e. The van der Waals surface area contributed by atoms with Gasteiger partial charge in [0.15, 0.2) is 0 Å². The maximum atomic E-state index is 9.63. The molecule has 39 valence electrons. The van der Waals surface area contributed by atoms with E-state index < -0.39 is 0 Å². The van der Waals surface area contributed by atoms with E-state index in [9.17, 15) is 5.11 Å². The molecule has 6 heavy (non-hydrogen) atoms. The molecule has 0 aliphatic carbocycles. The molecule has 0 rings (SSSR count).